The first-order valence-corrected chi connectivity index (χ1v) is 7.84. The van der Waals surface area contributed by atoms with Gasteiger partial charge in [0.15, 0.2) is 6.61 Å². The molecule has 1 amide bonds. The highest BCUT2D eigenvalue weighted by atomic mass is 32.1. The first kappa shape index (κ1) is 15.4. The van der Waals surface area contributed by atoms with Crippen LogP contribution >= 0.6 is 11.3 Å². The van der Waals surface area contributed by atoms with E-state index in [0.717, 1.165) is 12.1 Å². The molecule has 2 aromatic rings. The molecule has 1 aromatic carbocycles. The molecule has 0 saturated heterocycles. The van der Waals surface area contributed by atoms with Crippen LogP contribution in [0.3, 0.4) is 0 Å². The molecule has 1 atom stereocenters. The number of hydrogen-bond donors (Lipinski definition) is 2. The number of benzene rings is 1. The summed E-state index contributed by atoms with van der Waals surface area (Å²) in [5, 5.41) is 8.12. The summed E-state index contributed by atoms with van der Waals surface area (Å²) in [6.45, 7) is 2.19. The number of anilines is 1. The summed E-state index contributed by atoms with van der Waals surface area (Å²) in [5.41, 5.74) is 0.990. The Balaban J connectivity index is 2.01. The highest BCUT2D eigenvalue weighted by Crippen LogP contribution is 2.27. The molecule has 0 radical (unpaired) electrons. The van der Waals surface area contributed by atoms with Crippen LogP contribution in [0.2, 0.25) is 0 Å². The Kier molecular flexibility index (Phi) is 5.63. The van der Waals surface area contributed by atoms with Gasteiger partial charge in [0.1, 0.15) is 5.75 Å². The largest absolute Gasteiger partial charge is 0.484 e. The lowest BCUT2D eigenvalue weighted by Crippen LogP contribution is -2.24. The second-order valence-corrected chi connectivity index (χ2v) is 5.59. The van der Waals surface area contributed by atoms with Crippen molar-refractivity contribution >= 4 is 22.9 Å². The number of carbonyl (C=O) groups excluding carboxylic acids is 1. The van der Waals surface area contributed by atoms with Crippen molar-refractivity contribution < 1.29 is 9.53 Å². The lowest BCUT2D eigenvalue weighted by atomic mass is 10.1. The number of nitrogens with one attached hydrogen (secondary N) is 2. The van der Waals surface area contributed by atoms with Crippen LogP contribution in [0.5, 0.6) is 5.75 Å². The van der Waals surface area contributed by atoms with Gasteiger partial charge in [0.25, 0.3) is 5.91 Å². The Bertz CT molecular complexity index is 569. The molecule has 21 heavy (non-hydrogen) atoms. The van der Waals surface area contributed by atoms with Gasteiger partial charge >= 0.3 is 0 Å². The highest BCUT2D eigenvalue weighted by Gasteiger charge is 2.10. The Hall–Kier alpha value is -2.01. The number of thiophene rings is 1. The van der Waals surface area contributed by atoms with Gasteiger partial charge in [-0.05, 0) is 30.0 Å². The van der Waals surface area contributed by atoms with Crippen molar-refractivity contribution in [2.45, 2.75) is 19.4 Å². The summed E-state index contributed by atoms with van der Waals surface area (Å²) in [7, 11) is 1.59. The minimum atomic E-state index is -0.140. The van der Waals surface area contributed by atoms with Crippen molar-refractivity contribution in [3.05, 3.63) is 46.7 Å². The fourth-order valence-corrected chi connectivity index (χ4v) is 2.82. The van der Waals surface area contributed by atoms with E-state index >= 15 is 0 Å². The summed E-state index contributed by atoms with van der Waals surface area (Å²) in [6.07, 6.45) is 1.00. The first-order valence-electron chi connectivity index (χ1n) is 6.96. The minimum absolute atomic E-state index is 0.0298. The van der Waals surface area contributed by atoms with Crippen molar-refractivity contribution in [1.82, 2.24) is 5.32 Å². The molecule has 0 fully saturated rings. The number of ether oxygens (including phenoxy) is 1. The van der Waals surface area contributed by atoms with Crippen LogP contribution in [0, 0.1) is 0 Å². The average Bonchev–Trinajstić information content (AvgIpc) is 3.05. The van der Waals surface area contributed by atoms with E-state index in [9.17, 15) is 4.79 Å². The Labute approximate surface area is 129 Å². The molecule has 0 aliphatic rings. The van der Waals surface area contributed by atoms with Crippen LogP contribution in [0.1, 0.15) is 24.3 Å². The third kappa shape index (κ3) is 4.49. The molecule has 0 spiro atoms. The molecule has 1 heterocycles. The zero-order valence-corrected chi connectivity index (χ0v) is 13.1. The van der Waals surface area contributed by atoms with Gasteiger partial charge in [-0.25, -0.2) is 0 Å². The summed E-state index contributed by atoms with van der Waals surface area (Å²) in [4.78, 5) is 12.5. The monoisotopic (exact) mass is 304 g/mol. The van der Waals surface area contributed by atoms with Crippen LogP contribution in [-0.2, 0) is 4.79 Å². The van der Waals surface area contributed by atoms with Gasteiger partial charge in [0.05, 0.1) is 6.04 Å². The van der Waals surface area contributed by atoms with E-state index in [-0.39, 0.29) is 12.5 Å². The Morgan fingerprint density at radius 1 is 1.33 bits per heavy atom. The Morgan fingerprint density at radius 3 is 2.86 bits per heavy atom. The molecule has 0 bridgehead atoms. The van der Waals surface area contributed by atoms with Gasteiger partial charge in [0, 0.05) is 23.7 Å². The fourth-order valence-electron chi connectivity index (χ4n) is 1.96. The number of carbonyl (C=O) groups is 1. The lowest BCUT2D eigenvalue weighted by molar-refractivity contribution is -0.122. The van der Waals surface area contributed by atoms with Crippen LogP contribution in [0.25, 0.3) is 0 Å². The number of hydrogen-bond acceptors (Lipinski definition) is 4. The second kappa shape index (κ2) is 7.69. The van der Waals surface area contributed by atoms with E-state index in [2.05, 4.69) is 35.1 Å². The van der Waals surface area contributed by atoms with Gasteiger partial charge in [-0.2, -0.15) is 0 Å². The van der Waals surface area contributed by atoms with Crippen molar-refractivity contribution in [3.8, 4) is 5.75 Å². The van der Waals surface area contributed by atoms with E-state index < -0.39 is 0 Å². The predicted molar refractivity (Wildman–Crippen MR) is 87.0 cm³/mol. The van der Waals surface area contributed by atoms with Gasteiger partial charge in [-0.3, -0.25) is 4.79 Å². The summed E-state index contributed by atoms with van der Waals surface area (Å²) >= 11 is 1.75. The fraction of sp³-hybridized carbons (Fsp3) is 0.312. The molecule has 2 N–H and O–H groups in total. The molecule has 0 saturated carbocycles. The zero-order chi connectivity index (χ0) is 15.1. The van der Waals surface area contributed by atoms with Crippen molar-refractivity contribution in [1.29, 1.82) is 0 Å². The highest BCUT2D eigenvalue weighted by molar-refractivity contribution is 7.10. The summed E-state index contributed by atoms with van der Waals surface area (Å²) < 4.78 is 5.46. The molecule has 2 rings (SSSR count). The van der Waals surface area contributed by atoms with E-state index in [1.54, 1.807) is 18.4 Å². The molecule has 112 valence electrons. The van der Waals surface area contributed by atoms with Gasteiger partial charge in [-0.1, -0.05) is 19.1 Å². The van der Waals surface area contributed by atoms with Crippen LogP contribution < -0.4 is 15.4 Å². The van der Waals surface area contributed by atoms with Crippen molar-refractivity contribution in [2.75, 3.05) is 19.0 Å². The smallest absolute Gasteiger partial charge is 0.257 e. The third-order valence-electron chi connectivity index (χ3n) is 3.12. The molecule has 4 nitrogen and oxygen atoms in total. The number of rotatable bonds is 7. The van der Waals surface area contributed by atoms with E-state index in [0.29, 0.717) is 11.8 Å². The maximum atomic E-state index is 11.2. The molecule has 0 aliphatic heterocycles. The average molecular weight is 304 g/mol. The molecular formula is C16H20N2O2S. The molecule has 1 unspecified atom stereocenters. The first-order chi connectivity index (χ1) is 10.2. The maximum absolute atomic E-state index is 11.2. The zero-order valence-electron chi connectivity index (χ0n) is 12.3. The van der Waals surface area contributed by atoms with Crippen LogP contribution in [-0.4, -0.2) is 19.6 Å². The lowest BCUT2D eigenvalue weighted by Gasteiger charge is -2.17. The molecular weight excluding hydrogens is 284 g/mol. The number of likely N-dealkylation sites (N-methyl/N-ethyl adjacent to an activating group) is 1. The standard InChI is InChI=1S/C16H20N2O2S/c1-3-14(15-8-5-9-21-15)18-12-6-4-7-13(10-12)20-11-16(19)17-2/h4-10,14,18H,3,11H2,1-2H3,(H,17,19). The molecule has 1 aromatic heterocycles. The third-order valence-corrected chi connectivity index (χ3v) is 4.10. The second-order valence-electron chi connectivity index (χ2n) is 4.61. The van der Waals surface area contributed by atoms with Crippen LogP contribution in [0.4, 0.5) is 5.69 Å². The van der Waals surface area contributed by atoms with Gasteiger partial charge < -0.3 is 15.4 Å². The van der Waals surface area contributed by atoms with Gasteiger partial charge in [0.2, 0.25) is 0 Å². The van der Waals surface area contributed by atoms with Crippen molar-refractivity contribution in [3.63, 3.8) is 0 Å². The van der Waals surface area contributed by atoms with Crippen molar-refractivity contribution in [2.24, 2.45) is 0 Å². The molecule has 0 aliphatic carbocycles. The van der Waals surface area contributed by atoms with Gasteiger partial charge in [-0.15, -0.1) is 11.3 Å². The quantitative estimate of drug-likeness (QED) is 0.824. The van der Waals surface area contributed by atoms with E-state index in [4.69, 9.17) is 4.74 Å². The number of amides is 1. The molecule has 5 heteroatoms. The topological polar surface area (TPSA) is 50.4 Å². The predicted octanol–water partition coefficient (Wildman–Crippen LogP) is 3.44. The summed E-state index contributed by atoms with van der Waals surface area (Å²) in [6, 6.07) is 12.2. The summed E-state index contributed by atoms with van der Waals surface area (Å²) in [5.74, 6) is 0.544. The van der Waals surface area contributed by atoms with E-state index in [1.807, 2.05) is 24.3 Å². The minimum Gasteiger partial charge on any atom is -0.484 e. The van der Waals surface area contributed by atoms with E-state index in [1.165, 1.54) is 4.88 Å². The maximum Gasteiger partial charge on any atom is 0.257 e. The SMILES string of the molecule is CCC(Nc1cccc(OCC(=O)NC)c1)c1cccs1. The normalized spacial score (nSPS) is 11.7. The Morgan fingerprint density at radius 2 is 2.19 bits per heavy atom. The van der Waals surface area contributed by atoms with Crippen LogP contribution in [0.15, 0.2) is 41.8 Å².